The number of ether oxygens (including phenoxy) is 1. The molecule has 0 fully saturated rings. The van der Waals surface area contributed by atoms with Crippen molar-refractivity contribution in [3.05, 3.63) is 41.1 Å². The highest BCUT2D eigenvalue weighted by Crippen LogP contribution is 2.13. The van der Waals surface area contributed by atoms with Crippen LogP contribution < -0.4 is 10.6 Å². The van der Waals surface area contributed by atoms with Gasteiger partial charge < -0.3 is 15.4 Å². The Morgan fingerprint density at radius 2 is 2.05 bits per heavy atom. The van der Waals surface area contributed by atoms with Gasteiger partial charge in [0.15, 0.2) is 0 Å². The molecule has 0 aliphatic rings. The van der Waals surface area contributed by atoms with Crippen LogP contribution in [0.2, 0.25) is 5.02 Å². The molecule has 110 valence electrons. The van der Waals surface area contributed by atoms with Gasteiger partial charge in [-0.2, -0.15) is 5.26 Å². The molecule has 0 aliphatic heterocycles. The van der Waals surface area contributed by atoms with Gasteiger partial charge in [0, 0.05) is 23.5 Å². The normalized spacial score (nSPS) is 10.4. The van der Waals surface area contributed by atoms with Crippen LogP contribution in [0.25, 0.3) is 0 Å². The van der Waals surface area contributed by atoms with Gasteiger partial charge in [-0.15, -0.1) is 0 Å². The van der Waals surface area contributed by atoms with Gasteiger partial charge in [0.2, 0.25) is 0 Å². The highest BCUT2D eigenvalue weighted by Gasteiger charge is 2.09. The largest absolute Gasteiger partial charge is 0.469 e. The van der Waals surface area contributed by atoms with Gasteiger partial charge >= 0.3 is 5.97 Å². The fourth-order valence-corrected chi connectivity index (χ4v) is 1.46. The summed E-state index contributed by atoms with van der Waals surface area (Å²) in [5, 5.41) is 14.8. The lowest BCUT2D eigenvalue weighted by atomic mass is 10.2. The van der Waals surface area contributed by atoms with Gasteiger partial charge in [0.25, 0.3) is 5.91 Å². The minimum absolute atomic E-state index is 0.102. The smallest absolute Gasteiger partial charge is 0.307 e. The van der Waals surface area contributed by atoms with E-state index in [0.29, 0.717) is 10.7 Å². The van der Waals surface area contributed by atoms with Gasteiger partial charge in [-0.3, -0.25) is 9.59 Å². The number of hydrogen-bond donors (Lipinski definition) is 2. The molecule has 0 heterocycles. The zero-order valence-electron chi connectivity index (χ0n) is 11.4. The van der Waals surface area contributed by atoms with Crippen LogP contribution in [0.3, 0.4) is 0 Å². The Hall–Kier alpha value is -2.52. The molecule has 6 nitrogen and oxygen atoms in total. The number of carbonyl (C=O) groups excluding carboxylic acids is 2. The second-order valence-electron chi connectivity index (χ2n) is 3.91. The summed E-state index contributed by atoms with van der Waals surface area (Å²) in [5.41, 5.74) is 0.426. The van der Waals surface area contributed by atoms with E-state index in [0.717, 1.165) is 0 Å². The van der Waals surface area contributed by atoms with E-state index < -0.39 is 5.91 Å². The van der Waals surface area contributed by atoms with Crippen LogP contribution in [0.15, 0.2) is 36.0 Å². The number of amides is 1. The van der Waals surface area contributed by atoms with Crippen molar-refractivity contribution in [1.82, 2.24) is 5.32 Å². The maximum atomic E-state index is 11.8. The topological polar surface area (TPSA) is 91.2 Å². The van der Waals surface area contributed by atoms with E-state index in [2.05, 4.69) is 15.4 Å². The fourth-order valence-electron chi connectivity index (χ4n) is 1.33. The third-order valence-corrected chi connectivity index (χ3v) is 2.67. The van der Waals surface area contributed by atoms with Crippen molar-refractivity contribution in [3.63, 3.8) is 0 Å². The van der Waals surface area contributed by atoms with E-state index in [1.165, 1.54) is 13.3 Å². The number of anilines is 1. The van der Waals surface area contributed by atoms with E-state index in [1.807, 2.05) is 0 Å². The third kappa shape index (κ3) is 5.97. The van der Waals surface area contributed by atoms with Crippen molar-refractivity contribution in [3.8, 4) is 6.07 Å². The highest BCUT2D eigenvalue weighted by molar-refractivity contribution is 6.30. The van der Waals surface area contributed by atoms with Crippen LogP contribution >= 0.6 is 11.6 Å². The molecule has 0 bridgehead atoms. The van der Waals surface area contributed by atoms with Gasteiger partial charge in [-0.25, -0.2) is 0 Å². The van der Waals surface area contributed by atoms with E-state index in [4.69, 9.17) is 16.9 Å². The molecule has 1 aromatic carbocycles. The Morgan fingerprint density at radius 1 is 1.38 bits per heavy atom. The van der Waals surface area contributed by atoms with Gasteiger partial charge in [0.05, 0.1) is 13.5 Å². The first-order valence-electron chi connectivity index (χ1n) is 6.04. The van der Waals surface area contributed by atoms with Crippen LogP contribution in [0.1, 0.15) is 6.42 Å². The lowest BCUT2D eigenvalue weighted by Crippen LogP contribution is -2.18. The molecule has 1 amide bonds. The average molecular weight is 308 g/mol. The summed E-state index contributed by atoms with van der Waals surface area (Å²) in [6.45, 7) is 0.270. The monoisotopic (exact) mass is 307 g/mol. The number of benzene rings is 1. The summed E-state index contributed by atoms with van der Waals surface area (Å²) in [4.78, 5) is 22.7. The van der Waals surface area contributed by atoms with Crippen LogP contribution in [0.5, 0.6) is 0 Å². The molecule has 0 saturated heterocycles. The molecule has 0 saturated carbocycles. The molecule has 0 aromatic heterocycles. The Balaban J connectivity index is 2.54. The zero-order chi connectivity index (χ0) is 15.7. The van der Waals surface area contributed by atoms with E-state index >= 15 is 0 Å². The van der Waals surface area contributed by atoms with Crippen molar-refractivity contribution in [2.75, 3.05) is 19.0 Å². The number of carbonyl (C=O) groups is 2. The summed E-state index contributed by atoms with van der Waals surface area (Å²) in [6, 6.07) is 8.28. The van der Waals surface area contributed by atoms with Crippen LogP contribution in [0, 0.1) is 11.3 Å². The number of esters is 1. The number of nitriles is 1. The summed E-state index contributed by atoms with van der Waals surface area (Å²) in [5.74, 6) is -0.926. The predicted molar refractivity (Wildman–Crippen MR) is 78.4 cm³/mol. The van der Waals surface area contributed by atoms with Crippen LogP contribution in [0.4, 0.5) is 5.69 Å². The maximum Gasteiger partial charge on any atom is 0.307 e. The van der Waals surface area contributed by atoms with Gasteiger partial charge in [0.1, 0.15) is 11.6 Å². The number of nitrogens with one attached hydrogen (secondary N) is 2. The SMILES string of the molecule is COC(=O)CCN/C=C(/C#N)C(=O)Nc1ccc(Cl)cc1. The fraction of sp³-hybridized carbons (Fsp3) is 0.214. The maximum absolute atomic E-state index is 11.8. The molecule has 0 aliphatic carbocycles. The third-order valence-electron chi connectivity index (χ3n) is 2.41. The predicted octanol–water partition coefficient (Wildman–Crippen LogP) is 1.84. The van der Waals surface area contributed by atoms with E-state index in [-0.39, 0.29) is 24.5 Å². The number of halogens is 1. The number of methoxy groups -OCH3 is 1. The van der Waals surface area contributed by atoms with Crippen molar-refractivity contribution in [2.45, 2.75) is 6.42 Å². The molecule has 7 heteroatoms. The minimum atomic E-state index is -0.551. The molecule has 2 N–H and O–H groups in total. The molecule has 21 heavy (non-hydrogen) atoms. The first kappa shape index (κ1) is 16.5. The number of nitrogens with zero attached hydrogens (tertiary/aromatic N) is 1. The summed E-state index contributed by atoms with van der Waals surface area (Å²) in [7, 11) is 1.29. The van der Waals surface area contributed by atoms with E-state index in [1.54, 1.807) is 30.3 Å². The minimum Gasteiger partial charge on any atom is -0.469 e. The second kappa shape index (κ2) is 8.61. The Labute approximate surface area is 127 Å². The highest BCUT2D eigenvalue weighted by atomic mass is 35.5. The van der Waals surface area contributed by atoms with Gasteiger partial charge in [-0.05, 0) is 24.3 Å². The molecule has 0 atom stereocenters. The lowest BCUT2D eigenvalue weighted by molar-refractivity contribution is -0.140. The number of hydrogen-bond acceptors (Lipinski definition) is 5. The standard InChI is InChI=1S/C14H14ClN3O3/c1-21-13(19)6-7-17-9-10(8-16)14(20)18-12-4-2-11(15)3-5-12/h2-5,9,17H,6-7H2,1H3,(H,18,20)/b10-9-. The van der Waals surface area contributed by atoms with Crippen molar-refractivity contribution < 1.29 is 14.3 Å². The molecule has 0 radical (unpaired) electrons. The molecule has 1 aromatic rings. The summed E-state index contributed by atoms with van der Waals surface area (Å²) >= 11 is 5.74. The number of rotatable bonds is 6. The lowest BCUT2D eigenvalue weighted by Gasteiger charge is -2.05. The Bertz CT molecular complexity index is 576. The Kier molecular flexibility index (Phi) is 6.78. The van der Waals surface area contributed by atoms with Gasteiger partial charge in [-0.1, -0.05) is 11.6 Å². The molecule has 0 spiro atoms. The zero-order valence-corrected chi connectivity index (χ0v) is 12.1. The van der Waals surface area contributed by atoms with E-state index in [9.17, 15) is 9.59 Å². The summed E-state index contributed by atoms with van der Waals surface area (Å²) in [6.07, 6.45) is 1.40. The second-order valence-corrected chi connectivity index (χ2v) is 4.35. The summed E-state index contributed by atoms with van der Waals surface area (Å²) < 4.78 is 4.46. The Morgan fingerprint density at radius 3 is 2.62 bits per heavy atom. The van der Waals surface area contributed by atoms with Crippen LogP contribution in [-0.4, -0.2) is 25.5 Å². The van der Waals surface area contributed by atoms with Crippen molar-refractivity contribution in [1.29, 1.82) is 5.26 Å². The molecule has 0 unspecified atom stereocenters. The molecular weight excluding hydrogens is 294 g/mol. The quantitative estimate of drug-likeness (QED) is 0.362. The average Bonchev–Trinajstić information content (AvgIpc) is 2.49. The molecule has 1 rings (SSSR count). The molecular formula is C14H14ClN3O3. The van der Waals surface area contributed by atoms with Crippen molar-refractivity contribution >= 4 is 29.2 Å². The first-order chi connectivity index (χ1) is 10.1. The first-order valence-corrected chi connectivity index (χ1v) is 6.42. The van der Waals surface area contributed by atoms with Crippen molar-refractivity contribution in [2.24, 2.45) is 0 Å². The van der Waals surface area contributed by atoms with Crippen LogP contribution in [-0.2, 0) is 14.3 Å².